The first-order chi connectivity index (χ1) is 23.4. The number of benzene rings is 1. The van der Waals surface area contributed by atoms with E-state index in [1.54, 1.807) is 64.0 Å². The monoisotopic (exact) mass is 685 g/mol. The van der Waals surface area contributed by atoms with Gasteiger partial charge in [0.05, 0.1) is 18.8 Å². The highest BCUT2D eigenvalue weighted by Crippen LogP contribution is 2.42. The molecule has 0 radical (unpaired) electrons. The van der Waals surface area contributed by atoms with Gasteiger partial charge in [0, 0.05) is 30.6 Å². The molecule has 0 bridgehead atoms. The Morgan fingerprint density at radius 2 is 1.71 bits per heavy atom. The Kier molecular flexibility index (Phi) is 11.9. The van der Waals surface area contributed by atoms with Gasteiger partial charge in [-0.3, -0.25) is 9.59 Å². The van der Waals surface area contributed by atoms with E-state index in [0.717, 1.165) is 32.1 Å². The Balaban J connectivity index is 1.28. The van der Waals surface area contributed by atoms with Gasteiger partial charge >= 0.3 is 12.1 Å². The number of esters is 1. The minimum Gasteiger partial charge on any atom is -0.460 e. The van der Waals surface area contributed by atoms with Crippen LogP contribution in [0, 0.1) is 23.7 Å². The van der Waals surface area contributed by atoms with Crippen molar-refractivity contribution in [2.24, 2.45) is 23.7 Å². The molecule has 3 fully saturated rings. The van der Waals surface area contributed by atoms with Crippen LogP contribution in [0.1, 0.15) is 96.0 Å². The number of halogens is 1. The molecule has 3 atom stereocenters. The summed E-state index contributed by atoms with van der Waals surface area (Å²) in [5.74, 6) is -0.802. The number of methoxy groups -OCH3 is 1. The van der Waals surface area contributed by atoms with Crippen molar-refractivity contribution in [3.05, 3.63) is 30.0 Å². The first-order valence-electron chi connectivity index (χ1n) is 17.8. The summed E-state index contributed by atoms with van der Waals surface area (Å²) in [5.41, 5.74) is 0.359. The molecule has 1 aliphatic heterocycles. The number of likely N-dealkylation sites (tertiary alicyclic amines) is 1. The van der Waals surface area contributed by atoms with Gasteiger partial charge in [-0.15, -0.1) is 0 Å². The minimum atomic E-state index is -0.710. The number of hydrogen-bond acceptors (Lipinski definition) is 8. The van der Waals surface area contributed by atoms with Crippen LogP contribution in [0.25, 0.3) is 11.0 Å². The SMILES string of the molecule is CCOC(=O)c1cc2cc(NC(=O)[C@@H]3[C@H](C4CCC(OC)CC4)CCN3C(=O)C3CCC([C@@H](CF)NC(=O)OC(C)(C)C)CC3)ccc2o1. The van der Waals surface area contributed by atoms with Crippen molar-refractivity contribution in [3.8, 4) is 0 Å². The molecule has 1 saturated heterocycles. The van der Waals surface area contributed by atoms with Crippen molar-refractivity contribution in [1.82, 2.24) is 10.2 Å². The highest BCUT2D eigenvalue weighted by molar-refractivity contribution is 6.00. The number of furan rings is 1. The quantitative estimate of drug-likeness (QED) is 0.266. The lowest BCUT2D eigenvalue weighted by atomic mass is 9.75. The second-order valence-corrected chi connectivity index (χ2v) is 14.8. The molecule has 1 aromatic carbocycles. The van der Waals surface area contributed by atoms with Crippen LogP contribution in [-0.4, -0.2) is 79.5 Å². The van der Waals surface area contributed by atoms with Crippen molar-refractivity contribution < 1.29 is 42.2 Å². The topological polar surface area (TPSA) is 136 Å². The van der Waals surface area contributed by atoms with Gasteiger partial charge in [-0.05, 0) is 128 Å². The number of carbonyl (C=O) groups excluding carboxylic acids is 4. The maximum Gasteiger partial charge on any atom is 0.407 e. The zero-order chi connectivity index (χ0) is 35.3. The molecule has 2 heterocycles. The van der Waals surface area contributed by atoms with E-state index < -0.39 is 36.4 Å². The summed E-state index contributed by atoms with van der Waals surface area (Å²) in [6.45, 7) is 7.03. The standard InChI is InChI=1S/C37H52FN3O8/c1-6-47-35(44)31-20-25-19-26(13-16-30(25)48-31)39-33(42)32-28(22-11-14-27(46-5)15-12-22)17-18-41(32)34(43)24-9-7-23(8-10-24)29(21-38)40-36(45)49-37(2,3)4/h13,16,19-20,22-24,27-29,32H,6-12,14-15,17-18,21H2,1-5H3,(H,39,42)(H,40,45)/t22?,23?,24?,27?,28-,29+,32-/m0/s1. The van der Waals surface area contributed by atoms with E-state index in [1.165, 1.54) is 0 Å². The van der Waals surface area contributed by atoms with E-state index in [2.05, 4.69) is 10.6 Å². The summed E-state index contributed by atoms with van der Waals surface area (Å²) >= 11 is 0. The molecule has 2 aliphatic carbocycles. The van der Waals surface area contributed by atoms with Crippen molar-refractivity contribution in [3.63, 3.8) is 0 Å². The molecule has 3 amide bonds. The van der Waals surface area contributed by atoms with E-state index in [0.29, 0.717) is 54.8 Å². The summed E-state index contributed by atoms with van der Waals surface area (Å²) in [6.07, 6.45) is 6.36. The van der Waals surface area contributed by atoms with Gasteiger partial charge in [0.25, 0.3) is 0 Å². The average molecular weight is 686 g/mol. The fourth-order valence-corrected chi connectivity index (χ4v) is 8.03. The van der Waals surface area contributed by atoms with Crippen molar-refractivity contribution >= 4 is 40.5 Å². The van der Waals surface area contributed by atoms with Gasteiger partial charge in [0.2, 0.25) is 17.6 Å². The van der Waals surface area contributed by atoms with E-state index in [9.17, 15) is 23.6 Å². The molecule has 5 rings (SSSR count). The Bertz CT molecular complexity index is 1470. The molecular formula is C37H52FN3O8. The van der Waals surface area contributed by atoms with Crippen LogP contribution in [-0.2, 0) is 23.8 Å². The van der Waals surface area contributed by atoms with Gasteiger partial charge < -0.3 is 34.2 Å². The Labute approximate surface area is 287 Å². The zero-order valence-corrected chi connectivity index (χ0v) is 29.4. The maximum absolute atomic E-state index is 14.2. The highest BCUT2D eigenvalue weighted by Gasteiger charge is 2.47. The third kappa shape index (κ3) is 8.93. The van der Waals surface area contributed by atoms with Gasteiger partial charge in [-0.1, -0.05) is 0 Å². The van der Waals surface area contributed by atoms with Crippen molar-refractivity contribution in [1.29, 1.82) is 0 Å². The van der Waals surface area contributed by atoms with Gasteiger partial charge in [-0.25, -0.2) is 14.0 Å². The molecule has 2 aromatic rings. The Morgan fingerprint density at radius 3 is 2.35 bits per heavy atom. The lowest BCUT2D eigenvalue weighted by Gasteiger charge is -2.38. The number of ether oxygens (including phenoxy) is 3. The number of alkyl halides is 1. The molecule has 49 heavy (non-hydrogen) atoms. The number of nitrogens with one attached hydrogen (secondary N) is 2. The molecule has 12 heteroatoms. The van der Waals surface area contributed by atoms with Crippen LogP contribution >= 0.6 is 0 Å². The summed E-state index contributed by atoms with van der Waals surface area (Å²) in [4.78, 5) is 54.7. The number of hydrogen-bond donors (Lipinski definition) is 2. The number of carbonyl (C=O) groups is 4. The van der Waals surface area contributed by atoms with Crippen LogP contribution in [0.5, 0.6) is 0 Å². The third-order valence-corrected chi connectivity index (χ3v) is 10.5. The molecule has 1 aromatic heterocycles. The normalized spacial score (nSPS) is 26.6. The van der Waals surface area contributed by atoms with Gasteiger partial charge in [-0.2, -0.15) is 0 Å². The predicted octanol–water partition coefficient (Wildman–Crippen LogP) is 6.64. The lowest BCUT2D eigenvalue weighted by molar-refractivity contribution is -0.142. The number of anilines is 1. The van der Waals surface area contributed by atoms with E-state index >= 15 is 0 Å². The Hall–Kier alpha value is -3.67. The minimum absolute atomic E-state index is 0.0140. The van der Waals surface area contributed by atoms with Crippen LogP contribution < -0.4 is 10.6 Å². The van der Waals surface area contributed by atoms with Crippen LogP contribution in [0.2, 0.25) is 0 Å². The zero-order valence-electron chi connectivity index (χ0n) is 29.4. The lowest BCUT2D eigenvalue weighted by Crippen LogP contribution is -2.50. The van der Waals surface area contributed by atoms with E-state index in [1.807, 2.05) is 0 Å². The van der Waals surface area contributed by atoms with Crippen LogP contribution in [0.4, 0.5) is 14.9 Å². The second kappa shape index (κ2) is 15.9. The fourth-order valence-electron chi connectivity index (χ4n) is 8.03. The molecule has 2 saturated carbocycles. The van der Waals surface area contributed by atoms with Gasteiger partial charge in [0.15, 0.2) is 0 Å². The third-order valence-electron chi connectivity index (χ3n) is 10.5. The largest absolute Gasteiger partial charge is 0.460 e. The summed E-state index contributed by atoms with van der Waals surface area (Å²) in [5, 5.41) is 6.41. The molecule has 0 unspecified atom stereocenters. The summed E-state index contributed by atoms with van der Waals surface area (Å²) in [6, 6.07) is 5.48. The summed E-state index contributed by atoms with van der Waals surface area (Å²) in [7, 11) is 1.74. The molecule has 3 aliphatic rings. The first kappa shape index (κ1) is 36.6. The average Bonchev–Trinajstić information content (AvgIpc) is 3.71. The number of rotatable bonds is 10. The van der Waals surface area contributed by atoms with E-state index in [4.69, 9.17) is 18.6 Å². The first-order valence-corrected chi connectivity index (χ1v) is 17.8. The number of alkyl carbamates (subject to hydrolysis) is 1. The number of fused-ring (bicyclic) bond motifs is 1. The number of amides is 3. The maximum atomic E-state index is 14.2. The molecular weight excluding hydrogens is 633 g/mol. The molecule has 11 nitrogen and oxygen atoms in total. The summed E-state index contributed by atoms with van der Waals surface area (Å²) < 4.78 is 35.7. The van der Waals surface area contributed by atoms with E-state index in [-0.39, 0.29) is 48.0 Å². The molecule has 2 N–H and O–H groups in total. The molecule has 270 valence electrons. The van der Waals surface area contributed by atoms with Crippen molar-refractivity contribution in [2.45, 2.75) is 109 Å². The van der Waals surface area contributed by atoms with Crippen LogP contribution in [0.3, 0.4) is 0 Å². The molecule has 0 spiro atoms. The van der Waals surface area contributed by atoms with Crippen LogP contribution in [0.15, 0.2) is 28.7 Å². The smallest absolute Gasteiger partial charge is 0.407 e. The van der Waals surface area contributed by atoms with Crippen molar-refractivity contribution in [2.75, 3.05) is 32.3 Å². The predicted molar refractivity (Wildman–Crippen MR) is 182 cm³/mol. The second-order valence-electron chi connectivity index (χ2n) is 14.8. The fraction of sp³-hybridized carbons (Fsp3) is 0.676. The highest BCUT2D eigenvalue weighted by atomic mass is 19.1. The Morgan fingerprint density at radius 1 is 1.00 bits per heavy atom. The van der Waals surface area contributed by atoms with Gasteiger partial charge in [0.1, 0.15) is 23.9 Å². The number of nitrogens with zero attached hydrogens (tertiary/aromatic N) is 1.